The monoisotopic (exact) mass is 561 g/mol. The predicted octanol–water partition coefficient (Wildman–Crippen LogP) is 6.38. The molecular weight excluding hydrogens is 538 g/mol. The number of furan rings is 1. The van der Waals surface area contributed by atoms with Crippen molar-refractivity contribution in [1.82, 2.24) is 4.90 Å². The van der Waals surface area contributed by atoms with Gasteiger partial charge in [0, 0.05) is 16.4 Å². The third-order valence-electron chi connectivity index (χ3n) is 6.27. The van der Waals surface area contributed by atoms with Crippen molar-refractivity contribution >= 4 is 38.6 Å². The lowest BCUT2D eigenvalue weighted by Gasteiger charge is -2.27. The second-order valence-corrected chi connectivity index (χ2v) is 9.49. The van der Waals surface area contributed by atoms with Crippen molar-refractivity contribution in [3.63, 3.8) is 0 Å². The summed E-state index contributed by atoms with van der Waals surface area (Å²) in [5, 5.41) is 11.7. The van der Waals surface area contributed by atoms with E-state index in [1.54, 1.807) is 43.5 Å². The van der Waals surface area contributed by atoms with E-state index in [2.05, 4.69) is 15.9 Å². The first-order chi connectivity index (χ1) is 17.9. The van der Waals surface area contributed by atoms with Crippen molar-refractivity contribution in [3.8, 4) is 11.5 Å². The highest BCUT2D eigenvalue weighted by atomic mass is 79.9. The molecule has 37 heavy (non-hydrogen) atoms. The number of fused-ring (bicyclic) bond motifs is 1. The number of benzene rings is 3. The van der Waals surface area contributed by atoms with Crippen LogP contribution < -0.4 is 9.47 Å². The van der Waals surface area contributed by atoms with Gasteiger partial charge in [0.05, 0.1) is 25.3 Å². The van der Waals surface area contributed by atoms with Crippen LogP contribution in [0.5, 0.6) is 11.5 Å². The second kappa shape index (κ2) is 10.1. The van der Waals surface area contributed by atoms with Crippen molar-refractivity contribution in [2.24, 2.45) is 0 Å². The van der Waals surface area contributed by atoms with E-state index >= 15 is 0 Å². The maximum Gasteiger partial charge on any atom is 0.290 e. The van der Waals surface area contributed by atoms with E-state index in [-0.39, 0.29) is 17.9 Å². The molecule has 0 saturated heterocycles. The molecule has 8 heteroatoms. The van der Waals surface area contributed by atoms with Crippen LogP contribution in [0.1, 0.15) is 34.6 Å². The SMILES string of the molecule is CCOc1ccc(CN2C(=O)C(O)=C(C(=O)c3cc4cc(Br)ccc4o3)C2c2ccc(OC)cc2)cc1. The molecule has 3 aromatic carbocycles. The number of amides is 1. The molecule has 0 radical (unpaired) electrons. The number of ether oxygens (including phenoxy) is 2. The Balaban J connectivity index is 1.55. The lowest BCUT2D eigenvalue weighted by atomic mass is 9.94. The van der Waals surface area contributed by atoms with Gasteiger partial charge in [-0.1, -0.05) is 40.2 Å². The fourth-order valence-corrected chi connectivity index (χ4v) is 4.87. The van der Waals surface area contributed by atoms with Crippen LogP contribution >= 0.6 is 15.9 Å². The predicted molar refractivity (Wildman–Crippen MR) is 142 cm³/mol. The Morgan fingerprint density at radius 2 is 1.73 bits per heavy atom. The van der Waals surface area contributed by atoms with E-state index in [0.29, 0.717) is 23.5 Å². The summed E-state index contributed by atoms with van der Waals surface area (Å²) in [6.07, 6.45) is 0. The summed E-state index contributed by atoms with van der Waals surface area (Å²) in [5.74, 6) is -0.360. The summed E-state index contributed by atoms with van der Waals surface area (Å²) in [7, 11) is 1.56. The summed E-state index contributed by atoms with van der Waals surface area (Å²) in [6.45, 7) is 2.63. The molecule has 0 spiro atoms. The molecule has 0 aliphatic carbocycles. The standard InChI is InChI=1S/C29H24BrNO6/c1-3-36-22-9-4-17(5-10-22)16-31-26(18-6-11-21(35-2)12-7-18)25(28(33)29(31)34)27(32)24-15-19-14-20(30)8-13-23(19)37-24/h4-15,26,33H,3,16H2,1-2H3. The number of carbonyl (C=O) groups is 2. The van der Waals surface area contributed by atoms with Crippen LogP contribution in [0.2, 0.25) is 0 Å². The normalized spacial score (nSPS) is 15.5. The number of aliphatic hydroxyl groups is 1. The van der Waals surface area contributed by atoms with Crippen molar-refractivity contribution < 1.29 is 28.6 Å². The van der Waals surface area contributed by atoms with Gasteiger partial charge in [-0.2, -0.15) is 0 Å². The van der Waals surface area contributed by atoms with Crippen LogP contribution in [0.15, 0.2) is 93.0 Å². The molecule has 1 atom stereocenters. The minimum absolute atomic E-state index is 0.0285. The number of aliphatic hydroxyl groups excluding tert-OH is 1. The zero-order chi connectivity index (χ0) is 26.1. The van der Waals surface area contributed by atoms with E-state index in [9.17, 15) is 14.7 Å². The number of rotatable bonds is 8. The van der Waals surface area contributed by atoms with Crippen LogP contribution in [0.3, 0.4) is 0 Å². The van der Waals surface area contributed by atoms with Gasteiger partial charge in [-0.25, -0.2) is 0 Å². The lowest BCUT2D eigenvalue weighted by Crippen LogP contribution is -2.30. The van der Waals surface area contributed by atoms with Gasteiger partial charge >= 0.3 is 0 Å². The average Bonchev–Trinajstić information content (AvgIpc) is 3.44. The first kappa shape index (κ1) is 24.6. The Kier molecular flexibility index (Phi) is 6.76. The molecule has 188 valence electrons. The molecule has 5 rings (SSSR count). The number of hydrogen-bond acceptors (Lipinski definition) is 6. The topological polar surface area (TPSA) is 89.2 Å². The van der Waals surface area contributed by atoms with Gasteiger partial charge < -0.3 is 23.9 Å². The van der Waals surface area contributed by atoms with Crippen molar-refractivity contribution in [1.29, 1.82) is 0 Å². The smallest absolute Gasteiger partial charge is 0.290 e. The molecule has 1 aromatic heterocycles. The molecule has 7 nitrogen and oxygen atoms in total. The van der Waals surface area contributed by atoms with E-state index in [1.165, 1.54) is 4.90 Å². The Bertz CT molecular complexity index is 1500. The van der Waals surface area contributed by atoms with Gasteiger partial charge in [-0.3, -0.25) is 9.59 Å². The summed E-state index contributed by atoms with van der Waals surface area (Å²) < 4.78 is 17.4. The van der Waals surface area contributed by atoms with E-state index < -0.39 is 23.5 Å². The molecule has 1 unspecified atom stereocenters. The van der Waals surface area contributed by atoms with E-state index in [0.717, 1.165) is 21.2 Å². The minimum atomic E-state index is -0.822. The largest absolute Gasteiger partial charge is 0.503 e. The van der Waals surface area contributed by atoms with Crippen LogP contribution in [0.25, 0.3) is 11.0 Å². The van der Waals surface area contributed by atoms with Gasteiger partial charge in [-0.15, -0.1) is 0 Å². The van der Waals surface area contributed by atoms with Crippen LogP contribution in [-0.2, 0) is 11.3 Å². The Hall–Kier alpha value is -4.04. The number of carbonyl (C=O) groups excluding carboxylic acids is 2. The molecule has 2 heterocycles. The maximum atomic E-state index is 13.7. The fourth-order valence-electron chi connectivity index (χ4n) is 4.49. The molecule has 1 amide bonds. The lowest BCUT2D eigenvalue weighted by molar-refractivity contribution is -0.130. The van der Waals surface area contributed by atoms with E-state index in [4.69, 9.17) is 13.9 Å². The molecule has 4 aromatic rings. The number of ketones is 1. The molecule has 1 aliphatic heterocycles. The highest BCUT2D eigenvalue weighted by Gasteiger charge is 2.44. The third kappa shape index (κ3) is 4.72. The minimum Gasteiger partial charge on any atom is -0.503 e. The number of halogens is 1. The zero-order valence-electron chi connectivity index (χ0n) is 20.2. The van der Waals surface area contributed by atoms with Crippen LogP contribution in [0, 0.1) is 0 Å². The summed E-state index contributed by atoms with van der Waals surface area (Å²) in [4.78, 5) is 28.5. The fraction of sp³-hybridized carbons (Fsp3) is 0.172. The Labute approximate surface area is 222 Å². The first-order valence-corrected chi connectivity index (χ1v) is 12.5. The Morgan fingerprint density at radius 3 is 2.41 bits per heavy atom. The summed E-state index contributed by atoms with van der Waals surface area (Å²) >= 11 is 3.42. The van der Waals surface area contributed by atoms with Crippen molar-refractivity contribution in [2.45, 2.75) is 19.5 Å². The highest BCUT2D eigenvalue weighted by molar-refractivity contribution is 9.10. The Morgan fingerprint density at radius 1 is 1.03 bits per heavy atom. The van der Waals surface area contributed by atoms with Gasteiger partial charge in [0.1, 0.15) is 17.1 Å². The molecule has 1 aliphatic rings. The van der Waals surface area contributed by atoms with Crippen LogP contribution in [0.4, 0.5) is 0 Å². The molecule has 1 N–H and O–H groups in total. The quantitative estimate of drug-likeness (QED) is 0.251. The van der Waals surface area contributed by atoms with Gasteiger partial charge in [0.25, 0.3) is 5.91 Å². The summed E-state index contributed by atoms with van der Waals surface area (Å²) in [6, 6.07) is 20.6. The van der Waals surface area contributed by atoms with Gasteiger partial charge in [0.15, 0.2) is 11.5 Å². The van der Waals surface area contributed by atoms with Crippen LogP contribution in [-0.4, -0.2) is 35.4 Å². The number of hydrogen-bond donors (Lipinski definition) is 1. The average molecular weight is 562 g/mol. The van der Waals surface area contributed by atoms with E-state index in [1.807, 2.05) is 43.3 Å². The number of nitrogens with zero attached hydrogens (tertiary/aromatic N) is 1. The van der Waals surface area contributed by atoms with Gasteiger partial charge in [0.2, 0.25) is 5.78 Å². The number of Topliss-reactive ketones (excluding diaryl/α,β-unsaturated/α-hetero) is 1. The zero-order valence-corrected chi connectivity index (χ0v) is 21.8. The second-order valence-electron chi connectivity index (χ2n) is 8.57. The highest BCUT2D eigenvalue weighted by Crippen LogP contribution is 2.41. The molecular formula is C29H24BrNO6. The molecule has 0 saturated carbocycles. The third-order valence-corrected chi connectivity index (χ3v) is 6.76. The van der Waals surface area contributed by atoms with Gasteiger partial charge in [-0.05, 0) is 66.6 Å². The number of methoxy groups -OCH3 is 1. The van der Waals surface area contributed by atoms with Crippen molar-refractivity contribution in [3.05, 3.63) is 105 Å². The summed E-state index contributed by atoms with van der Waals surface area (Å²) in [5.41, 5.74) is 1.99. The van der Waals surface area contributed by atoms with Crippen molar-refractivity contribution in [2.75, 3.05) is 13.7 Å². The molecule has 0 fully saturated rings. The maximum absolute atomic E-state index is 13.7. The first-order valence-electron chi connectivity index (χ1n) is 11.7. The molecule has 0 bridgehead atoms.